The first-order chi connectivity index (χ1) is 16.3. The number of terminal acetylenes is 1. The summed E-state index contributed by atoms with van der Waals surface area (Å²) in [6.07, 6.45) is 5.06. The molecule has 3 aromatic rings. The number of rotatable bonds is 9. The van der Waals surface area contributed by atoms with Gasteiger partial charge in [0, 0.05) is 0 Å². The molecule has 0 fully saturated rings. The van der Waals surface area contributed by atoms with Crippen LogP contribution in [0.1, 0.15) is 15.9 Å². The number of amides is 1. The molecule has 0 spiro atoms. The van der Waals surface area contributed by atoms with Gasteiger partial charge in [0.25, 0.3) is 15.9 Å². The van der Waals surface area contributed by atoms with Crippen LogP contribution in [0, 0.1) is 12.3 Å². The van der Waals surface area contributed by atoms with Gasteiger partial charge in [-0.3, -0.25) is 9.10 Å². The first-order valence-corrected chi connectivity index (χ1v) is 11.9. The third-order valence-electron chi connectivity index (χ3n) is 4.67. The summed E-state index contributed by atoms with van der Waals surface area (Å²) in [6.45, 7) is -0.515. The topological polar surface area (TPSA) is 92.8 Å². The van der Waals surface area contributed by atoms with Crippen molar-refractivity contribution in [2.45, 2.75) is 11.4 Å². The number of para-hydroxylation sites is 1. The van der Waals surface area contributed by atoms with Crippen LogP contribution in [0.2, 0.25) is 5.02 Å². The van der Waals surface area contributed by atoms with E-state index in [4.69, 9.17) is 22.8 Å². The standard InChI is InChI=1S/C25H21ClN2O5S/c1-2-15-27-24(29)18-33-25(30)20-13-14-22(26)23(16-20)34(31,32)28(21-11-7-4-8-12-21)17-19-9-5-3-6-10-19/h1,3-14,16H,15,17-18H2,(H,27,29). The number of nitrogens with one attached hydrogen (secondary N) is 1. The van der Waals surface area contributed by atoms with Crippen molar-refractivity contribution in [2.24, 2.45) is 0 Å². The van der Waals surface area contributed by atoms with Crippen LogP contribution in [0.3, 0.4) is 0 Å². The van der Waals surface area contributed by atoms with E-state index in [9.17, 15) is 18.0 Å². The first-order valence-electron chi connectivity index (χ1n) is 10.1. The van der Waals surface area contributed by atoms with E-state index in [2.05, 4.69) is 11.2 Å². The molecule has 0 unspecified atom stereocenters. The number of halogens is 1. The normalized spacial score (nSPS) is 10.7. The number of anilines is 1. The van der Waals surface area contributed by atoms with Gasteiger partial charge in [0.05, 0.1) is 29.4 Å². The molecule has 0 aliphatic carbocycles. The number of benzene rings is 3. The highest BCUT2D eigenvalue weighted by molar-refractivity contribution is 7.93. The summed E-state index contributed by atoms with van der Waals surface area (Å²) < 4.78 is 33.6. The second-order valence-corrected chi connectivity index (χ2v) is 9.27. The molecule has 1 amide bonds. The average Bonchev–Trinajstić information content (AvgIpc) is 2.85. The quantitative estimate of drug-likeness (QED) is 0.360. The van der Waals surface area contributed by atoms with E-state index in [1.54, 1.807) is 30.3 Å². The van der Waals surface area contributed by atoms with Crippen LogP contribution in [0.25, 0.3) is 0 Å². The van der Waals surface area contributed by atoms with Crippen molar-refractivity contribution in [3.05, 3.63) is 95.0 Å². The van der Waals surface area contributed by atoms with E-state index in [-0.39, 0.29) is 28.6 Å². The molecule has 0 saturated heterocycles. The molecule has 0 bridgehead atoms. The van der Waals surface area contributed by atoms with E-state index < -0.39 is 28.5 Å². The number of hydrogen-bond acceptors (Lipinski definition) is 5. The predicted octanol–water partition coefficient (Wildman–Crippen LogP) is 3.64. The van der Waals surface area contributed by atoms with Crippen LogP contribution in [0.15, 0.2) is 83.8 Å². The summed E-state index contributed by atoms with van der Waals surface area (Å²) in [4.78, 5) is 23.8. The maximum Gasteiger partial charge on any atom is 0.338 e. The van der Waals surface area contributed by atoms with Crippen molar-refractivity contribution < 1.29 is 22.7 Å². The van der Waals surface area contributed by atoms with Crippen LogP contribution in [-0.2, 0) is 26.1 Å². The Morgan fingerprint density at radius 2 is 1.65 bits per heavy atom. The molecule has 0 aromatic heterocycles. The van der Waals surface area contributed by atoms with Gasteiger partial charge in [0.2, 0.25) is 0 Å². The molecule has 0 atom stereocenters. The molecule has 3 rings (SSSR count). The maximum atomic E-state index is 13.7. The molecule has 0 heterocycles. The Labute approximate surface area is 203 Å². The van der Waals surface area contributed by atoms with Crippen molar-refractivity contribution in [3.63, 3.8) is 0 Å². The fraction of sp³-hybridized carbons (Fsp3) is 0.120. The first kappa shape index (κ1) is 24.8. The molecular weight excluding hydrogens is 476 g/mol. The molecule has 3 aromatic carbocycles. The van der Waals surface area contributed by atoms with Gasteiger partial charge in [-0.25, -0.2) is 13.2 Å². The number of esters is 1. The Bertz CT molecular complexity index is 1310. The summed E-state index contributed by atoms with van der Waals surface area (Å²) in [6, 6.07) is 21.4. The zero-order chi connectivity index (χ0) is 24.6. The van der Waals surface area contributed by atoms with Gasteiger partial charge in [-0.05, 0) is 35.9 Å². The molecule has 7 nitrogen and oxygen atoms in total. The van der Waals surface area contributed by atoms with Gasteiger partial charge in [0.15, 0.2) is 6.61 Å². The number of sulfonamides is 1. The summed E-state index contributed by atoms with van der Waals surface area (Å²) >= 11 is 6.26. The molecule has 0 radical (unpaired) electrons. The number of hydrogen-bond donors (Lipinski definition) is 1. The lowest BCUT2D eigenvalue weighted by atomic mass is 10.2. The van der Waals surface area contributed by atoms with Gasteiger partial charge < -0.3 is 10.1 Å². The lowest BCUT2D eigenvalue weighted by molar-refractivity contribution is -0.123. The van der Waals surface area contributed by atoms with Crippen molar-refractivity contribution in [1.82, 2.24) is 5.32 Å². The molecule has 0 aliphatic rings. The number of carbonyl (C=O) groups is 2. The molecule has 0 saturated carbocycles. The van der Waals surface area contributed by atoms with E-state index in [0.29, 0.717) is 5.69 Å². The largest absolute Gasteiger partial charge is 0.452 e. The van der Waals surface area contributed by atoms with Crippen molar-refractivity contribution in [3.8, 4) is 12.3 Å². The lowest BCUT2D eigenvalue weighted by Gasteiger charge is -2.25. The molecular formula is C25H21ClN2O5S. The molecule has 34 heavy (non-hydrogen) atoms. The minimum Gasteiger partial charge on any atom is -0.452 e. The molecule has 9 heteroatoms. The third kappa shape index (κ3) is 6.16. The average molecular weight is 497 g/mol. The summed E-state index contributed by atoms with van der Waals surface area (Å²) in [5.74, 6) is 0.777. The summed E-state index contributed by atoms with van der Waals surface area (Å²) in [7, 11) is -4.19. The van der Waals surface area contributed by atoms with Crippen LogP contribution in [-0.4, -0.2) is 33.4 Å². The summed E-state index contributed by atoms with van der Waals surface area (Å²) in [5, 5.41) is 2.31. The number of carbonyl (C=O) groups excluding carboxylic acids is 2. The maximum absolute atomic E-state index is 13.7. The SMILES string of the molecule is C#CCNC(=O)COC(=O)c1ccc(Cl)c(S(=O)(=O)N(Cc2ccccc2)c2ccccc2)c1. The molecule has 0 aliphatic heterocycles. The monoisotopic (exact) mass is 496 g/mol. The van der Waals surface area contributed by atoms with Gasteiger partial charge in [0.1, 0.15) is 4.90 Å². The number of nitrogens with zero attached hydrogens (tertiary/aromatic N) is 1. The van der Waals surface area contributed by atoms with Gasteiger partial charge in [-0.1, -0.05) is 66.1 Å². The van der Waals surface area contributed by atoms with E-state index in [1.807, 2.05) is 30.3 Å². The van der Waals surface area contributed by atoms with Gasteiger partial charge >= 0.3 is 5.97 Å². The summed E-state index contributed by atoms with van der Waals surface area (Å²) in [5.41, 5.74) is 1.13. The molecule has 1 N–H and O–H groups in total. The minimum atomic E-state index is -4.19. The van der Waals surface area contributed by atoms with E-state index in [0.717, 1.165) is 11.6 Å². The third-order valence-corrected chi connectivity index (χ3v) is 6.93. The molecule has 174 valence electrons. The zero-order valence-electron chi connectivity index (χ0n) is 18.0. The Balaban J connectivity index is 1.93. The fourth-order valence-electron chi connectivity index (χ4n) is 3.02. The lowest BCUT2D eigenvalue weighted by Crippen LogP contribution is -2.31. The predicted molar refractivity (Wildman–Crippen MR) is 130 cm³/mol. The Morgan fingerprint density at radius 3 is 2.29 bits per heavy atom. The van der Waals surface area contributed by atoms with Crippen LogP contribution >= 0.6 is 11.6 Å². The highest BCUT2D eigenvalue weighted by Crippen LogP contribution is 2.31. The second-order valence-electron chi connectivity index (χ2n) is 7.04. The zero-order valence-corrected chi connectivity index (χ0v) is 19.6. The highest BCUT2D eigenvalue weighted by Gasteiger charge is 2.29. The highest BCUT2D eigenvalue weighted by atomic mass is 35.5. The Hall–Kier alpha value is -3.80. The van der Waals surface area contributed by atoms with Crippen molar-refractivity contribution >= 4 is 39.2 Å². The van der Waals surface area contributed by atoms with Crippen LogP contribution in [0.5, 0.6) is 0 Å². The van der Waals surface area contributed by atoms with Crippen LogP contribution in [0.4, 0.5) is 5.69 Å². The second kappa shape index (κ2) is 11.4. The number of ether oxygens (including phenoxy) is 1. The Kier molecular flexibility index (Phi) is 8.30. The van der Waals surface area contributed by atoms with Gasteiger partial charge in [-0.15, -0.1) is 6.42 Å². The minimum absolute atomic E-state index is 0.00352. The van der Waals surface area contributed by atoms with E-state index in [1.165, 1.54) is 16.4 Å². The van der Waals surface area contributed by atoms with Crippen molar-refractivity contribution in [2.75, 3.05) is 17.5 Å². The fourth-order valence-corrected chi connectivity index (χ4v) is 4.98. The van der Waals surface area contributed by atoms with Gasteiger partial charge in [-0.2, -0.15) is 0 Å². The van der Waals surface area contributed by atoms with E-state index >= 15 is 0 Å². The van der Waals surface area contributed by atoms with Crippen LogP contribution < -0.4 is 9.62 Å². The smallest absolute Gasteiger partial charge is 0.338 e. The Morgan fingerprint density at radius 1 is 1.00 bits per heavy atom. The van der Waals surface area contributed by atoms with Crippen molar-refractivity contribution in [1.29, 1.82) is 0 Å².